The molecule has 2 aromatic heterocycles. The van der Waals surface area contributed by atoms with Crippen LogP contribution < -0.4 is 9.46 Å². The zero-order chi connectivity index (χ0) is 38.5. The summed E-state index contributed by atoms with van der Waals surface area (Å²) in [4.78, 5) is 28.9. The average Bonchev–Trinajstić information content (AvgIpc) is 3.66. The zero-order valence-electron chi connectivity index (χ0n) is 32.9. The van der Waals surface area contributed by atoms with Crippen molar-refractivity contribution in [2.45, 2.75) is 108 Å². The van der Waals surface area contributed by atoms with Crippen molar-refractivity contribution in [3.63, 3.8) is 0 Å². The number of fused-ring (bicyclic) bond motifs is 5. The van der Waals surface area contributed by atoms with Crippen LogP contribution in [0.5, 0.6) is 5.75 Å². The number of carbonyl (C=O) groups is 2. The number of quaternary nitrogens is 1. The molecule has 11 rings (SSSR count). The van der Waals surface area contributed by atoms with Crippen molar-refractivity contribution in [2.24, 2.45) is 17.8 Å². The minimum absolute atomic E-state index is 0.228. The highest BCUT2D eigenvalue weighted by molar-refractivity contribution is 7.90. The lowest BCUT2D eigenvalue weighted by Crippen LogP contribution is -2.68. The number of allylic oxidation sites excluding steroid dienone is 1. The Bertz CT molecular complexity index is 2380. The van der Waals surface area contributed by atoms with Gasteiger partial charge in [0.15, 0.2) is 0 Å². The monoisotopic (exact) mass is 776 g/mol. The van der Waals surface area contributed by atoms with E-state index in [-0.39, 0.29) is 11.9 Å². The predicted octanol–water partition coefficient (Wildman–Crippen LogP) is 8.33. The number of carbonyl (C=O) groups excluding carboxylic acids is 2. The quantitative estimate of drug-likeness (QED) is 0.180. The van der Waals surface area contributed by atoms with Crippen molar-refractivity contribution < 1.29 is 27.2 Å². The van der Waals surface area contributed by atoms with Crippen molar-refractivity contribution in [2.75, 3.05) is 26.7 Å². The van der Waals surface area contributed by atoms with Gasteiger partial charge in [0, 0.05) is 39.8 Å². The third kappa shape index (κ3) is 5.81. The molecule has 3 saturated carbocycles. The largest absolute Gasteiger partial charge is 0.497 e. The highest BCUT2D eigenvalue weighted by Crippen LogP contribution is 2.51. The number of rotatable bonds is 8. The molecule has 2 aromatic carbocycles. The lowest BCUT2D eigenvalue weighted by molar-refractivity contribution is -0.880. The van der Waals surface area contributed by atoms with Crippen LogP contribution in [0.15, 0.2) is 42.6 Å². The second-order valence-electron chi connectivity index (χ2n) is 18.3. The van der Waals surface area contributed by atoms with Crippen LogP contribution in [0.3, 0.4) is 0 Å². The van der Waals surface area contributed by atoms with Crippen LogP contribution in [0.2, 0.25) is 0 Å². The van der Waals surface area contributed by atoms with E-state index in [2.05, 4.69) is 32.2 Å². The Hall–Kier alpha value is -4.22. The number of aromatic nitrogens is 3. The molecular formula is C45H54N5O5S+. The first-order chi connectivity index (χ1) is 27.0. The van der Waals surface area contributed by atoms with Crippen molar-refractivity contribution in [1.82, 2.24) is 19.1 Å². The van der Waals surface area contributed by atoms with E-state index in [4.69, 9.17) is 9.84 Å². The summed E-state index contributed by atoms with van der Waals surface area (Å²) in [5.41, 5.74) is 8.41. The molecule has 6 heterocycles. The number of piperidine rings is 3. The van der Waals surface area contributed by atoms with Crippen molar-refractivity contribution >= 4 is 44.4 Å². The molecule has 2 amide bonds. The summed E-state index contributed by atoms with van der Waals surface area (Å²) in [5.74, 6) is 2.58. The number of benzene rings is 2. The number of nitrogens with zero attached hydrogens (tertiary/aromatic N) is 4. The fourth-order valence-electron chi connectivity index (χ4n) is 11.7. The van der Waals surface area contributed by atoms with Crippen LogP contribution in [0.4, 0.5) is 0 Å². The van der Waals surface area contributed by atoms with E-state index >= 15 is 4.79 Å². The lowest BCUT2D eigenvalue weighted by atomic mass is 9.66. The molecule has 0 unspecified atom stereocenters. The minimum atomic E-state index is -3.83. The molecule has 4 aliphatic heterocycles. The second kappa shape index (κ2) is 13.4. The highest BCUT2D eigenvalue weighted by Gasteiger charge is 2.56. The summed E-state index contributed by atoms with van der Waals surface area (Å²) in [7, 11) is -2.13. The molecule has 0 atom stereocenters. The van der Waals surface area contributed by atoms with E-state index in [0.717, 1.165) is 115 Å². The van der Waals surface area contributed by atoms with Gasteiger partial charge < -0.3 is 9.30 Å². The molecule has 1 N–H and O–H groups in total. The highest BCUT2D eigenvalue weighted by atomic mass is 32.2. The maximum atomic E-state index is 15.3. The smallest absolute Gasteiger partial charge is 0.349 e. The molecule has 11 heteroatoms. The first kappa shape index (κ1) is 36.1. The van der Waals surface area contributed by atoms with Crippen molar-refractivity contribution in [1.29, 1.82) is 0 Å². The summed E-state index contributed by atoms with van der Waals surface area (Å²) < 4.78 is 38.9. The standard InChI is InChI=1S/C45H53N5O5S/c1-27(2)56(53,54)47-44(51)32-12-14-38-40(21-32)48-23-34(19-33-20-36(55-3)13-15-37(33)43(48)41(38)31-8-5-4-6-9-31)42-39(22-46-49(42)35-10-7-11-35)45(52)50-24-28-16-29(25-50)18-30(17-28)26-50/h12-15,19-22,27-31,35H,4-11,16-18,23-26H2,1-3H3/p+1. The van der Waals surface area contributed by atoms with Gasteiger partial charge in [-0.25, -0.2) is 17.9 Å². The molecule has 4 aromatic rings. The topological polar surface area (TPSA) is 112 Å². The van der Waals surface area contributed by atoms with Crippen LogP contribution in [0, 0.1) is 17.8 Å². The first-order valence-electron chi connectivity index (χ1n) is 21.1. The number of amides is 2. The van der Waals surface area contributed by atoms with Gasteiger partial charge in [-0.3, -0.25) is 14.0 Å². The van der Waals surface area contributed by atoms with Crippen LogP contribution >= 0.6 is 0 Å². The fourth-order valence-corrected chi connectivity index (χ4v) is 12.4. The van der Waals surface area contributed by atoms with Gasteiger partial charge >= 0.3 is 5.91 Å². The van der Waals surface area contributed by atoms with E-state index in [1.165, 1.54) is 31.2 Å². The molecule has 0 radical (unpaired) electrons. The SMILES string of the molecule is COc1ccc2c(c1)C=C(c1c(C(=O)[N+]34CC5CC(CC(C5)C3)C4)cnn1C1CCC1)Cn1c-2c(C2CCCCC2)c2ccc(C(=O)NS(=O)(=O)C(C)C)cc21. The number of hydrogen-bond acceptors (Lipinski definition) is 6. The molecule has 294 valence electrons. The van der Waals surface area contributed by atoms with Crippen LogP contribution in [0.25, 0.3) is 33.8 Å². The van der Waals surface area contributed by atoms with Crippen LogP contribution in [-0.4, -0.2) is 71.1 Å². The Morgan fingerprint density at radius 1 is 0.893 bits per heavy atom. The molecular weight excluding hydrogens is 723 g/mol. The maximum Gasteiger partial charge on any atom is 0.349 e. The van der Waals surface area contributed by atoms with Gasteiger partial charge in [0.1, 0.15) is 11.3 Å². The van der Waals surface area contributed by atoms with Gasteiger partial charge in [0.25, 0.3) is 5.91 Å². The summed E-state index contributed by atoms with van der Waals surface area (Å²) in [5, 5.41) is 5.41. The summed E-state index contributed by atoms with van der Waals surface area (Å²) in [6, 6.07) is 12.2. The van der Waals surface area contributed by atoms with Gasteiger partial charge in [0.05, 0.1) is 62.2 Å². The van der Waals surface area contributed by atoms with E-state index in [1.54, 1.807) is 27.0 Å². The van der Waals surface area contributed by atoms with Crippen LogP contribution in [-0.2, 0) is 16.6 Å². The summed E-state index contributed by atoms with van der Waals surface area (Å²) >= 11 is 0. The summed E-state index contributed by atoms with van der Waals surface area (Å²) in [6.07, 6.45) is 16.9. The molecule has 7 aliphatic rings. The maximum absolute atomic E-state index is 15.3. The van der Waals surface area contributed by atoms with E-state index in [0.29, 0.717) is 40.3 Å². The Kier molecular flexibility index (Phi) is 8.67. The third-order valence-electron chi connectivity index (χ3n) is 14.4. The second-order valence-corrected chi connectivity index (χ2v) is 20.5. The molecule has 4 bridgehead atoms. The lowest BCUT2D eigenvalue weighted by Gasteiger charge is -2.56. The molecule has 6 fully saturated rings. The number of hydrogen-bond donors (Lipinski definition) is 1. The normalized spacial score (nSPS) is 26.1. The van der Waals surface area contributed by atoms with Crippen molar-refractivity contribution in [3.8, 4) is 17.0 Å². The molecule has 3 aliphatic carbocycles. The molecule has 10 nitrogen and oxygen atoms in total. The fraction of sp³-hybridized carbons (Fsp3) is 0.533. The first-order valence-corrected chi connectivity index (χ1v) is 22.7. The van der Waals surface area contributed by atoms with E-state index in [9.17, 15) is 13.2 Å². The van der Waals surface area contributed by atoms with E-state index < -0.39 is 21.2 Å². The van der Waals surface area contributed by atoms with Gasteiger partial charge in [0.2, 0.25) is 10.0 Å². The van der Waals surface area contributed by atoms with Gasteiger partial charge in [-0.2, -0.15) is 5.10 Å². The predicted molar refractivity (Wildman–Crippen MR) is 218 cm³/mol. The Morgan fingerprint density at radius 2 is 1.61 bits per heavy atom. The van der Waals surface area contributed by atoms with E-state index in [1.807, 2.05) is 24.4 Å². The average molecular weight is 777 g/mol. The molecule has 0 spiro atoms. The molecule has 56 heavy (non-hydrogen) atoms. The Labute approximate surface area is 329 Å². The third-order valence-corrected chi connectivity index (χ3v) is 16.1. The Balaban J connectivity index is 1.18. The number of methoxy groups -OCH3 is 1. The number of sulfonamides is 1. The zero-order valence-corrected chi connectivity index (χ0v) is 33.7. The minimum Gasteiger partial charge on any atom is -0.497 e. The Morgan fingerprint density at radius 3 is 2.25 bits per heavy atom. The van der Waals surface area contributed by atoms with Crippen LogP contribution in [0.1, 0.15) is 134 Å². The van der Waals surface area contributed by atoms with Crippen molar-refractivity contribution in [3.05, 3.63) is 70.5 Å². The number of ether oxygens (including phenoxy) is 1. The summed E-state index contributed by atoms with van der Waals surface area (Å²) in [6.45, 7) is 6.42. The number of nitrogens with one attached hydrogen (secondary N) is 1. The molecule has 3 saturated heterocycles. The van der Waals surface area contributed by atoms with Gasteiger partial charge in [-0.1, -0.05) is 25.3 Å². The van der Waals surface area contributed by atoms with Gasteiger partial charge in [-0.15, -0.1) is 0 Å². The van der Waals surface area contributed by atoms with Gasteiger partial charge in [-0.05, 0) is 124 Å².